The number of hydrogen-bond donors (Lipinski definition) is 0. The van der Waals surface area contributed by atoms with E-state index < -0.39 is 0 Å². The Morgan fingerprint density at radius 1 is 1.53 bits per heavy atom. The standard InChI is InChI=1S/C12H13ClFN3/c13-11-5-10(7-15)8-16-12(11)17-3-1-9(6-14)2-4-17/h5,8-9H,1-4,6H2. The molecule has 90 valence electrons. The SMILES string of the molecule is N#Cc1cnc(N2CCC(CF)CC2)c(Cl)c1. The quantitative estimate of drug-likeness (QED) is 0.814. The van der Waals surface area contributed by atoms with Gasteiger partial charge in [0.15, 0.2) is 0 Å². The number of aromatic nitrogens is 1. The van der Waals surface area contributed by atoms with Crippen LogP contribution in [0, 0.1) is 17.2 Å². The zero-order chi connectivity index (χ0) is 12.3. The van der Waals surface area contributed by atoms with E-state index >= 15 is 0 Å². The molecule has 1 aromatic rings. The van der Waals surface area contributed by atoms with E-state index in [9.17, 15) is 4.39 Å². The summed E-state index contributed by atoms with van der Waals surface area (Å²) in [5.41, 5.74) is 0.456. The Morgan fingerprint density at radius 3 is 2.76 bits per heavy atom. The Morgan fingerprint density at radius 2 is 2.24 bits per heavy atom. The molecule has 0 unspecified atom stereocenters. The zero-order valence-corrected chi connectivity index (χ0v) is 10.1. The van der Waals surface area contributed by atoms with Crippen molar-refractivity contribution in [3.63, 3.8) is 0 Å². The number of hydrogen-bond acceptors (Lipinski definition) is 3. The lowest BCUT2D eigenvalue weighted by atomic mass is 9.98. The average Bonchev–Trinajstić information content (AvgIpc) is 2.39. The molecule has 0 amide bonds. The van der Waals surface area contributed by atoms with Gasteiger partial charge in [-0.1, -0.05) is 11.6 Å². The Bertz CT molecular complexity index is 436. The third kappa shape index (κ3) is 2.67. The van der Waals surface area contributed by atoms with Gasteiger partial charge in [0.1, 0.15) is 11.9 Å². The van der Waals surface area contributed by atoms with Crippen molar-refractivity contribution in [1.29, 1.82) is 5.26 Å². The lowest BCUT2D eigenvalue weighted by molar-refractivity contribution is 0.307. The number of pyridine rings is 1. The number of rotatable bonds is 2. The second kappa shape index (κ2) is 5.33. The van der Waals surface area contributed by atoms with Gasteiger partial charge < -0.3 is 4.90 Å². The molecule has 2 rings (SSSR count). The Balaban J connectivity index is 2.11. The van der Waals surface area contributed by atoms with Crippen molar-refractivity contribution >= 4 is 17.4 Å². The Kier molecular flexibility index (Phi) is 3.80. The smallest absolute Gasteiger partial charge is 0.147 e. The molecule has 3 nitrogen and oxygen atoms in total. The molecule has 0 bridgehead atoms. The van der Waals surface area contributed by atoms with Crippen molar-refractivity contribution in [1.82, 2.24) is 4.98 Å². The molecule has 0 radical (unpaired) electrons. The molecule has 1 aromatic heterocycles. The number of anilines is 1. The van der Waals surface area contributed by atoms with Gasteiger partial charge in [0, 0.05) is 19.3 Å². The molecule has 1 fully saturated rings. The van der Waals surface area contributed by atoms with Crippen molar-refractivity contribution in [2.24, 2.45) is 5.92 Å². The molecule has 0 aromatic carbocycles. The summed E-state index contributed by atoms with van der Waals surface area (Å²) < 4.78 is 12.5. The maximum absolute atomic E-state index is 12.5. The van der Waals surface area contributed by atoms with Gasteiger partial charge in [-0.25, -0.2) is 4.98 Å². The third-order valence-corrected chi connectivity index (χ3v) is 3.36. The molecular weight excluding hydrogens is 241 g/mol. The van der Waals surface area contributed by atoms with E-state index in [-0.39, 0.29) is 12.6 Å². The van der Waals surface area contributed by atoms with E-state index in [1.807, 2.05) is 6.07 Å². The van der Waals surface area contributed by atoms with Crippen molar-refractivity contribution in [2.75, 3.05) is 24.7 Å². The van der Waals surface area contributed by atoms with Crippen LogP contribution in [-0.4, -0.2) is 24.7 Å². The number of alkyl halides is 1. The van der Waals surface area contributed by atoms with Crippen LogP contribution < -0.4 is 4.90 Å². The van der Waals surface area contributed by atoms with Crippen LogP contribution in [0.1, 0.15) is 18.4 Å². The van der Waals surface area contributed by atoms with E-state index in [0.717, 1.165) is 25.9 Å². The molecule has 1 saturated heterocycles. The minimum atomic E-state index is -0.248. The van der Waals surface area contributed by atoms with Crippen molar-refractivity contribution < 1.29 is 4.39 Å². The summed E-state index contributed by atoms with van der Waals surface area (Å²) >= 11 is 6.08. The summed E-state index contributed by atoms with van der Waals surface area (Å²) in [4.78, 5) is 6.25. The highest BCUT2D eigenvalue weighted by Crippen LogP contribution is 2.28. The summed E-state index contributed by atoms with van der Waals surface area (Å²) in [6, 6.07) is 3.62. The second-order valence-electron chi connectivity index (χ2n) is 4.23. The minimum absolute atomic E-state index is 0.170. The zero-order valence-electron chi connectivity index (χ0n) is 9.37. The first-order valence-electron chi connectivity index (χ1n) is 5.61. The fraction of sp³-hybridized carbons (Fsp3) is 0.500. The van der Waals surface area contributed by atoms with Gasteiger partial charge >= 0.3 is 0 Å². The highest BCUT2D eigenvalue weighted by Gasteiger charge is 2.21. The molecule has 0 aliphatic carbocycles. The number of nitrogens with zero attached hydrogens (tertiary/aromatic N) is 3. The predicted octanol–water partition coefficient (Wildman–Crippen LogP) is 2.79. The molecule has 1 aliphatic heterocycles. The van der Waals surface area contributed by atoms with Crippen LogP contribution in [0.25, 0.3) is 0 Å². The van der Waals surface area contributed by atoms with Crippen molar-refractivity contribution in [3.05, 3.63) is 22.8 Å². The third-order valence-electron chi connectivity index (χ3n) is 3.08. The van der Waals surface area contributed by atoms with Crippen LogP contribution in [0.5, 0.6) is 0 Å². The van der Waals surface area contributed by atoms with Gasteiger partial charge in [-0.15, -0.1) is 0 Å². The van der Waals surface area contributed by atoms with E-state index in [0.29, 0.717) is 16.4 Å². The predicted molar refractivity (Wildman–Crippen MR) is 64.9 cm³/mol. The molecular formula is C12H13ClFN3. The van der Waals surface area contributed by atoms with Crippen LogP contribution in [0.2, 0.25) is 5.02 Å². The summed E-state index contributed by atoms with van der Waals surface area (Å²) in [6.45, 7) is 1.29. The summed E-state index contributed by atoms with van der Waals surface area (Å²) in [5.74, 6) is 0.867. The topological polar surface area (TPSA) is 39.9 Å². The van der Waals surface area contributed by atoms with Crippen LogP contribution in [-0.2, 0) is 0 Å². The number of halogens is 2. The van der Waals surface area contributed by atoms with E-state index in [4.69, 9.17) is 16.9 Å². The lowest BCUT2D eigenvalue weighted by Gasteiger charge is -2.32. The highest BCUT2D eigenvalue weighted by molar-refractivity contribution is 6.33. The first-order chi connectivity index (χ1) is 8.24. The highest BCUT2D eigenvalue weighted by atomic mass is 35.5. The van der Waals surface area contributed by atoms with Gasteiger partial charge in [-0.2, -0.15) is 5.26 Å². The van der Waals surface area contributed by atoms with Gasteiger partial charge in [0.05, 0.1) is 17.3 Å². The van der Waals surface area contributed by atoms with E-state index in [2.05, 4.69) is 9.88 Å². The second-order valence-corrected chi connectivity index (χ2v) is 4.63. The fourth-order valence-electron chi connectivity index (χ4n) is 2.02. The van der Waals surface area contributed by atoms with Gasteiger partial charge in [0.25, 0.3) is 0 Å². The van der Waals surface area contributed by atoms with Crippen molar-refractivity contribution in [3.8, 4) is 6.07 Å². The van der Waals surface area contributed by atoms with Crippen LogP contribution in [0.15, 0.2) is 12.3 Å². The summed E-state index contributed by atoms with van der Waals surface area (Å²) in [7, 11) is 0. The normalized spacial score (nSPS) is 16.9. The Labute approximate surface area is 105 Å². The van der Waals surface area contributed by atoms with E-state index in [1.165, 1.54) is 6.20 Å². The fourth-order valence-corrected chi connectivity index (χ4v) is 2.31. The van der Waals surface area contributed by atoms with Gasteiger partial charge in [-0.05, 0) is 24.8 Å². The maximum atomic E-state index is 12.5. The number of piperidine rings is 1. The summed E-state index contributed by atoms with van der Waals surface area (Å²) in [6.07, 6.45) is 3.17. The number of nitriles is 1. The van der Waals surface area contributed by atoms with Crippen LogP contribution in [0.4, 0.5) is 10.2 Å². The molecule has 0 spiro atoms. The summed E-state index contributed by atoms with van der Waals surface area (Å²) in [5, 5.41) is 9.21. The molecule has 0 saturated carbocycles. The molecule has 0 N–H and O–H groups in total. The maximum Gasteiger partial charge on any atom is 0.147 e. The molecule has 17 heavy (non-hydrogen) atoms. The molecule has 1 aliphatic rings. The Hall–Kier alpha value is -1.34. The largest absolute Gasteiger partial charge is 0.355 e. The van der Waals surface area contributed by atoms with Crippen LogP contribution >= 0.6 is 11.6 Å². The van der Waals surface area contributed by atoms with E-state index in [1.54, 1.807) is 6.07 Å². The average molecular weight is 254 g/mol. The van der Waals surface area contributed by atoms with Crippen molar-refractivity contribution in [2.45, 2.75) is 12.8 Å². The molecule has 2 heterocycles. The lowest BCUT2D eigenvalue weighted by Crippen LogP contribution is -2.35. The van der Waals surface area contributed by atoms with Gasteiger partial charge in [0.2, 0.25) is 0 Å². The minimum Gasteiger partial charge on any atom is -0.355 e. The first-order valence-corrected chi connectivity index (χ1v) is 5.99. The first kappa shape index (κ1) is 12.1. The molecule has 0 atom stereocenters. The van der Waals surface area contributed by atoms with Crippen LogP contribution in [0.3, 0.4) is 0 Å². The van der Waals surface area contributed by atoms with Gasteiger partial charge in [-0.3, -0.25) is 4.39 Å². The molecule has 5 heteroatoms. The monoisotopic (exact) mass is 253 g/mol.